The first-order valence-corrected chi connectivity index (χ1v) is 7.60. The summed E-state index contributed by atoms with van der Waals surface area (Å²) < 4.78 is 0. The van der Waals surface area contributed by atoms with Crippen molar-refractivity contribution in [2.75, 3.05) is 0 Å². The van der Waals surface area contributed by atoms with Crippen molar-refractivity contribution in [1.29, 1.82) is 0 Å². The Morgan fingerprint density at radius 2 is 2.16 bits per heavy atom. The van der Waals surface area contributed by atoms with Gasteiger partial charge in [0, 0.05) is 16.2 Å². The van der Waals surface area contributed by atoms with E-state index in [1.807, 2.05) is 17.5 Å². The Hall–Kier alpha value is -1.59. The Labute approximate surface area is 118 Å². The van der Waals surface area contributed by atoms with Gasteiger partial charge >= 0.3 is 5.97 Å². The van der Waals surface area contributed by atoms with Gasteiger partial charge in [-0.2, -0.15) is 0 Å². The molecule has 2 aromatic rings. The van der Waals surface area contributed by atoms with Crippen molar-refractivity contribution < 1.29 is 14.7 Å². The summed E-state index contributed by atoms with van der Waals surface area (Å²) in [5, 5.41) is 10.8. The summed E-state index contributed by atoms with van der Waals surface area (Å²) in [7, 11) is 0. The highest BCUT2D eigenvalue weighted by molar-refractivity contribution is 7.98. The quantitative estimate of drug-likeness (QED) is 0.922. The maximum absolute atomic E-state index is 12.5. The number of thioether (sulfide) groups is 1. The van der Waals surface area contributed by atoms with Gasteiger partial charge in [0.25, 0.3) is 0 Å². The van der Waals surface area contributed by atoms with Crippen molar-refractivity contribution in [3.63, 3.8) is 0 Å². The number of ketones is 1. The minimum atomic E-state index is -0.884. The average Bonchev–Trinajstić information content (AvgIpc) is 2.79. The first-order chi connectivity index (χ1) is 9.15. The van der Waals surface area contributed by atoms with Crippen LogP contribution in [-0.2, 0) is 17.0 Å². The van der Waals surface area contributed by atoms with E-state index >= 15 is 0 Å². The number of carbonyl (C=O) groups excluding carboxylic acids is 1. The van der Waals surface area contributed by atoms with Crippen molar-refractivity contribution in [2.24, 2.45) is 0 Å². The van der Waals surface area contributed by atoms with Gasteiger partial charge in [-0.1, -0.05) is 6.07 Å². The lowest BCUT2D eigenvalue weighted by molar-refractivity contribution is -0.136. The van der Waals surface area contributed by atoms with Crippen molar-refractivity contribution in [3.05, 3.63) is 51.2 Å². The van der Waals surface area contributed by atoms with Gasteiger partial charge in [-0.3, -0.25) is 9.59 Å². The van der Waals surface area contributed by atoms with Crippen molar-refractivity contribution >= 4 is 34.9 Å². The van der Waals surface area contributed by atoms with Crippen molar-refractivity contribution in [2.45, 2.75) is 17.1 Å². The van der Waals surface area contributed by atoms with E-state index in [0.717, 1.165) is 21.1 Å². The molecule has 0 fully saturated rings. The Bertz CT molecular complexity index is 673. The van der Waals surface area contributed by atoms with Crippen LogP contribution < -0.4 is 0 Å². The standard InChI is InChI=1S/C14H10O3S2/c15-12(16)6-8-1-2-11-10(5-8)13(17)14-9(7-19-11)3-4-18-14/h1-5H,6-7H2,(H,15,16). The lowest BCUT2D eigenvalue weighted by atomic mass is 10.0. The maximum atomic E-state index is 12.5. The van der Waals surface area contributed by atoms with Crippen LogP contribution in [0.2, 0.25) is 0 Å². The predicted octanol–water partition coefficient (Wildman–Crippen LogP) is 3.21. The van der Waals surface area contributed by atoms with Crippen molar-refractivity contribution in [1.82, 2.24) is 0 Å². The van der Waals surface area contributed by atoms with E-state index in [4.69, 9.17) is 5.11 Å². The van der Waals surface area contributed by atoms with Gasteiger partial charge < -0.3 is 5.11 Å². The molecule has 0 saturated heterocycles. The molecule has 3 rings (SSSR count). The zero-order chi connectivity index (χ0) is 13.4. The van der Waals surface area contributed by atoms with Gasteiger partial charge in [-0.15, -0.1) is 23.1 Å². The normalized spacial score (nSPS) is 13.6. The highest BCUT2D eigenvalue weighted by atomic mass is 32.2. The van der Waals surface area contributed by atoms with E-state index in [0.29, 0.717) is 11.1 Å². The lowest BCUT2D eigenvalue weighted by Crippen LogP contribution is -2.04. The lowest BCUT2D eigenvalue weighted by Gasteiger charge is -2.06. The second-order valence-corrected chi connectivity index (χ2v) is 6.23. The molecule has 1 aliphatic rings. The summed E-state index contributed by atoms with van der Waals surface area (Å²) in [4.78, 5) is 24.9. The minimum Gasteiger partial charge on any atom is -0.481 e. The van der Waals surface area contributed by atoms with Gasteiger partial charge in [0.15, 0.2) is 0 Å². The largest absolute Gasteiger partial charge is 0.481 e. The fourth-order valence-electron chi connectivity index (χ4n) is 2.09. The molecule has 0 saturated carbocycles. The van der Waals surface area contributed by atoms with Crippen LogP contribution in [0, 0.1) is 0 Å². The summed E-state index contributed by atoms with van der Waals surface area (Å²) >= 11 is 3.08. The molecule has 1 N–H and O–H groups in total. The zero-order valence-corrected chi connectivity index (χ0v) is 11.5. The number of carboxylic acid groups (broad SMARTS) is 1. The van der Waals surface area contributed by atoms with Crippen LogP contribution in [-0.4, -0.2) is 16.9 Å². The van der Waals surface area contributed by atoms with Gasteiger partial charge in [0.05, 0.1) is 11.3 Å². The van der Waals surface area contributed by atoms with Gasteiger partial charge in [0.2, 0.25) is 5.78 Å². The number of hydrogen-bond acceptors (Lipinski definition) is 4. The average molecular weight is 290 g/mol. The molecule has 0 spiro atoms. The summed E-state index contributed by atoms with van der Waals surface area (Å²) in [5.41, 5.74) is 2.36. The van der Waals surface area contributed by atoms with E-state index in [2.05, 4.69) is 0 Å². The number of fused-ring (bicyclic) bond motifs is 2. The summed E-state index contributed by atoms with van der Waals surface area (Å²) in [6, 6.07) is 7.34. The summed E-state index contributed by atoms with van der Waals surface area (Å²) in [5.74, 6) is -0.0849. The fourth-order valence-corrected chi connectivity index (χ4v) is 4.08. The third-order valence-electron chi connectivity index (χ3n) is 2.98. The van der Waals surface area contributed by atoms with E-state index in [1.54, 1.807) is 23.9 Å². The number of rotatable bonds is 2. The van der Waals surface area contributed by atoms with E-state index in [1.165, 1.54) is 11.3 Å². The fraction of sp³-hybridized carbons (Fsp3) is 0.143. The minimum absolute atomic E-state index is 0.0113. The van der Waals surface area contributed by atoms with Gasteiger partial charge in [0.1, 0.15) is 0 Å². The number of carboxylic acids is 1. The Morgan fingerprint density at radius 3 is 2.95 bits per heavy atom. The molecular formula is C14H10O3S2. The number of thiophene rings is 1. The number of carbonyl (C=O) groups is 2. The van der Waals surface area contributed by atoms with E-state index in [-0.39, 0.29) is 12.2 Å². The summed E-state index contributed by atoms with van der Waals surface area (Å²) in [6.45, 7) is 0. The number of aliphatic carboxylic acids is 1. The SMILES string of the molecule is O=C(O)Cc1ccc2c(c1)C(=O)c1sccc1CS2. The molecule has 3 nitrogen and oxygen atoms in total. The zero-order valence-electron chi connectivity index (χ0n) is 9.88. The molecule has 1 aromatic carbocycles. The Balaban J connectivity index is 2.07. The van der Waals surface area contributed by atoms with Gasteiger partial charge in [-0.25, -0.2) is 0 Å². The first-order valence-electron chi connectivity index (χ1n) is 5.74. The first kappa shape index (κ1) is 12.4. The third-order valence-corrected chi connectivity index (χ3v) is 5.06. The van der Waals surface area contributed by atoms with E-state index < -0.39 is 5.97 Å². The van der Waals surface area contributed by atoms with Gasteiger partial charge in [-0.05, 0) is 34.7 Å². The molecule has 1 aliphatic heterocycles. The molecule has 2 heterocycles. The van der Waals surface area contributed by atoms with Crippen molar-refractivity contribution in [3.8, 4) is 0 Å². The Kier molecular flexibility index (Phi) is 3.16. The smallest absolute Gasteiger partial charge is 0.307 e. The topological polar surface area (TPSA) is 54.4 Å². The molecule has 0 radical (unpaired) electrons. The van der Waals surface area contributed by atoms with Crippen LogP contribution in [0.1, 0.15) is 26.4 Å². The number of hydrogen-bond donors (Lipinski definition) is 1. The van der Waals surface area contributed by atoms with Crippen LogP contribution in [0.15, 0.2) is 34.5 Å². The van der Waals surface area contributed by atoms with Crippen LogP contribution in [0.25, 0.3) is 0 Å². The molecule has 0 bridgehead atoms. The maximum Gasteiger partial charge on any atom is 0.307 e. The second-order valence-electron chi connectivity index (χ2n) is 4.29. The van der Waals surface area contributed by atoms with Crippen LogP contribution in [0.5, 0.6) is 0 Å². The highest BCUT2D eigenvalue weighted by Crippen LogP contribution is 2.36. The molecule has 0 amide bonds. The molecule has 0 atom stereocenters. The monoisotopic (exact) mass is 290 g/mol. The van der Waals surface area contributed by atoms with Crippen LogP contribution in [0.3, 0.4) is 0 Å². The molecule has 0 aliphatic carbocycles. The third kappa shape index (κ3) is 2.31. The second kappa shape index (κ2) is 4.83. The molecule has 19 heavy (non-hydrogen) atoms. The highest BCUT2D eigenvalue weighted by Gasteiger charge is 2.23. The molecular weight excluding hydrogens is 280 g/mol. The number of benzene rings is 1. The van der Waals surface area contributed by atoms with Crippen LogP contribution >= 0.6 is 23.1 Å². The van der Waals surface area contributed by atoms with E-state index in [9.17, 15) is 9.59 Å². The van der Waals surface area contributed by atoms with Crippen LogP contribution in [0.4, 0.5) is 0 Å². The Morgan fingerprint density at radius 1 is 1.32 bits per heavy atom. The molecule has 0 unspecified atom stereocenters. The molecule has 5 heteroatoms. The molecule has 1 aromatic heterocycles. The predicted molar refractivity (Wildman–Crippen MR) is 75.1 cm³/mol. The summed E-state index contributed by atoms with van der Waals surface area (Å²) in [6.07, 6.45) is -0.0531. The molecule has 96 valence electrons.